The van der Waals surface area contributed by atoms with E-state index in [1.807, 2.05) is 36.4 Å². The summed E-state index contributed by atoms with van der Waals surface area (Å²) in [6.45, 7) is 5.32. The summed E-state index contributed by atoms with van der Waals surface area (Å²) in [6.07, 6.45) is 0. The van der Waals surface area contributed by atoms with Gasteiger partial charge in [0, 0.05) is 6.07 Å². The molecule has 0 aliphatic carbocycles. The molecule has 2 amide bonds. The number of anilines is 1. The Balaban J connectivity index is 1.66. The summed E-state index contributed by atoms with van der Waals surface area (Å²) in [5.74, 6) is -0.312. The molecule has 0 spiro atoms. The van der Waals surface area contributed by atoms with E-state index in [1.54, 1.807) is 32.9 Å². The van der Waals surface area contributed by atoms with Gasteiger partial charge >= 0.3 is 5.97 Å². The third kappa shape index (κ3) is 5.88. The number of fused-ring (bicyclic) bond motifs is 1. The fourth-order valence-corrected chi connectivity index (χ4v) is 3.82. The molecule has 0 unspecified atom stereocenters. The molecule has 0 radical (unpaired) electrons. The van der Waals surface area contributed by atoms with Gasteiger partial charge in [0.2, 0.25) is 11.8 Å². The molecule has 0 saturated heterocycles. The molecule has 2 atom stereocenters. The lowest BCUT2D eigenvalue weighted by molar-refractivity contribution is -0.147. The second-order valence-electron chi connectivity index (χ2n) is 7.09. The third-order valence-electron chi connectivity index (χ3n) is 4.67. The van der Waals surface area contributed by atoms with E-state index in [0.29, 0.717) is 17.1 Å². The largest absolute Gasteiger partial charge is 0.464 e. The lowest BCUT2D eigenvalue weighted by Gasteiger charge is -2.20. The number of nitrogens with one attached hydrogen (secondary N) is 2. The van der Waals surface area contributed by atoms with E-state index >= 15 is 0 Å². The van der Waals surface area contributed by atoms with Crippen LogP contribution in [0.2, 0.25) is 0 Å². The molecule has 0 fully saturated rings. The number of esters is 1. The maximum Gasteiger partial charge on any atom is 0.333 e. The van der Waals surface area contributed by atoms with Gasteiger partial charge in [0.1, 0.15) is 5.76 Å². The first-order valence-corrected chi connectivity index (χ1v) is 11.2. The van der Waals surface area contributed by atoms with Crippen LogP contribution in [0.5, 0.6) is 0 Å². The van der Waals surface area contributed by atoms with E-state index in [4.69, 9.17) is 9.26 Å². The molecule has 2 aromatic carbocycles. The molecule has 3 aromatic rings. The van der Waals surface area contributed by atoms with Crippen molar-refractivity contribution in [3.8, 4) is 0 Å². The number of ether oxygens (including phenoxy) is 1. The molecule has 9 heteroatoms. The second-order valence-corrected chi connectivity index (χ2v) is 8.42. The number of thioether (sulfide) groups is 1. The third-order valence-corrected chi connectivity index (χ3v) is 5.82. The molecule has 0 bridgehead atoms. The Hall–Kier alpha value is -3.33. The van der Waals surface area contributed by atoms with Crippen LogP contribution < -0.4 is 10.6 Å². The van der Waals surface area contributed by atoms with Gasteiger partial charge in [-0.15, -0.1) is 11.8 Å². The quantitative estimate of drug-likeness (QED) is 0.474. The predicted octanol–water partition coefficient (Wildman–Crippen LogP) is 3.62. The van der Waals surface area contributed by atoms with Gasteiger partial charge in [-0.1, -0.05) is 47.6 Å². The highest BCUT2D eigenvalue weighted by atomic mass is 32.2. The minimum atomic E-state index is -0.948. The van der Waals surface area contributed by atoms with Gasteiger partial charge in [-0.25, -0.2) is 4.79 Å². The summed E-state index contributed by atoms with van der Waals surface area (Å²) in [4.78, 5) is 37.6. The average Bonchev–Trinajstić information content (AvgIpc) is 3.20. The molecule has 0 aliphatic heterocycles. The second kappa shape index (κ2) is 10.8. The Bertz CT molecular complexity index is 1110. The fourth-order valence-electron chi connectivity index (χ4n) is 3.12. The van der Waals surface area contributed by atoms with Crippen molar-refractivity contribution in [2.75, 3.05) is 17.7 Å². The maximum absolute atomic E-state index is 12.7. The Kier molecular flexibility index (Phi) is 7.88. The number of rotatable bonds is 9. The van der Waals surface area contributed by atoms with Gasteiger partial charge in [-0.2, -0.15) is 0 Å². The standard InChI is InChI=1S/C23H25N3O5S/c1-4-30-23(29)21(18-11-7-9-16-8-5-6-10-17(16)18)25-20(27)13-32-15(3)22(28)24-19-12-14(2)31-26-19/h5-12,15,21H,4,13H2,1-3H3,(H,25,27)(H,24,26,28)/t15-,21-/m1/s1. The molecule has 168 valence electrons. The topological polar surface area (TPSA) is 111 Å². The van der Waals surface area contributed by atoms with E-state index in [0.717, 1.165) is 22.5 Å². The van der Waals surface area contributed by atoms with Crippen molar-refractivity contribution in [3.05, 3.63) is 59.9 Å². The Morgan fingerprint density at radius 2 is 1.91 bits per heavy atom. The van der Waals surface area contributed by atoms with Crippen LogP contribution in [0.4, 0.5) is 5.82 Å². The summed E-state index contributed by atoms with van der Waals surface area (Å²) in [5, 5.41) is 10.4. The number of hydrogen-bond acceptors (Lipinski definition) is 7. The molecule has 8 nitrogen and oxygen atoms in total. The van der Waals surface area contributed by atoms with E-state index in [1.165, 1.54) is 0 Å². The van der Waals surface area contributed by atoms with E-state index < -0.39 is 17.3 Å². The SMILES string of the molecule is CCOC(=O)[C@H](NC(=O)CS[C@H](C)C(=O)Nc1cc(C)on1)c1cccc2ccccc12. The summed E-state index contributed by atoms with van der Waals surface area (Å²) in [6, 6.07) is 13.9. The number of carbonyl (C=O) groups is 3. The zero-order valence-electron chi connectivity index (χ0n) is 18.1. The van der Waals surface area contributed by atoms with Crippen molar-refractivity contribution in [1.29, 1.82) is 0 Å². The van der Waals surface area contributed by atoms with E-state index in [-0.39, 0.29) is 24.2 Å². The molecule has 32 heavy (non-hydrogen) atoms. The van der Waals surface area contributed by atoms with Crippen LogP contribution in [0.1, 0.15) is 31.2 Å². The molecule has 0 aliphatic rings. The summed E-state index contributed by atoms with van der Waals surface area (Å²) in [5.41, 5.74) is 0.659. The Morgan fingerprint density at radius 1 is 1.16 bits per heavy atom. The van der Waals surface area contributed by atoms with Crippen LogP contribution in [0.15, 0.2) is 53.1 Å². The minimum absolute atomic E-state index is 0.00684. The molecule has 1 aromatic heterocycles. The molecule has 0 saturated carbocycles. The number of benzene rings is 2. The normalized spacial score (nSPS) is 12.7. The van der Waals surface area contributed by atoms with Gasteiger partial charge in [0.15, 0.2) is 11.9 Å². The van der Waals surface area contributed by atoms with Crippen molar-refractivity contribution in [2.45, 2.75) is 32.1 Å². The van der Waals surface area contributed by atoms with Crippen molar-refractivity contribution in [3.63, 3.8) is 0 Å². The van der Waals surface area contributed by atoms with Crippen molar-refractivity contribution in [1.82, 2.24) is 10.5 Å². The number of carbonyl (C=O) groups excluding carboxylic acids is 3. The van der Waals surface area contributed by atoms with Gasteiger partial charge in [-0.05, 0) is 37.1 Å². The summed E-state index contributed by atoms with van der Waals surface area (Å²) in [7, 11) is 0. The fraction of sp³-hybridized carbons (Fsp3) is 0.304. The van der Waals surface area contributed by atoms with Crippen molar-refractivity contribution < 1.29 is 23.6 Å². The summed E-state index contributed by atoms with van der Waals surface area (Å²) >= 11 is 1.15. The van der Waals surface area contributed by atoms with Crippen molar-refractivity contribution in [2.24, 2.45) is 0 Å². The van der Waals surface area contributed by atoms with Gasteiger partial charge in [0.25, 0.3) is 0 Å². The zero-order valence-corrected chi connectivity index (χ0v) is 18.9. The number of nitrogens with zero attached hydrogens (tertiary/aromatic N) is 1. The number of hydrogen-bond donors (Lipinski definition) is 2. The Labute approximate surface area is 190 Å². The highest BCUT2D eigenvalue weighted by Gasteiger charge is 2.26. The van der Waals surface area contributed by atoms with E-state index in [2.05, 4.69) is 15.8 Å². The van der Waals surface area contributed by atoms with Crippen molar-refractivity contribution >= 4 is 46.1 Å². The van der Waals surface area contributed by atoms with Crippen LogP contribution in [-0.2, 0) is 19.1 Å². The molecule has 1 heterocycles. The molecule has 3 rings (SSSR count). The predicted molar refractivity (Wildman–Crippen MR) is 123 cm³/mol. The first-order valence-electron chi connectivity index (χ1n) is 10.2. The number of aryl methyl sites for hydroxylation is 1. The number of aromatic nitrogens is 1. The lowest BCUT2D eigenvalue weighted by atomic mass is 9.98. The zero-order chi connectivity index (χ0) is 23.1. The van der Waals surface area contributed by atoms with Gasteiger partial charge < -0.3 is 19.9 Å². The van der Waals surface area contributed by atoms with Crippen LogP contribution in [0.25, 0.3) is 10.8 Å². The molecular weight excluding hydrogens is 430 g/mol. The summed E-state index contributed by atoms with van der Waals surface area (Å²) < 4.78 is 10.1. The minimum Gasteiger partial charge on any atom is -0.464 e. The average molecular weight is 456 g/mol. The monoisotopic (exact) mass is 455 g/mol. The lowest BCUT2D eigenvalue weighted by Crippen LogP contribution is -2.36. The first-order chi connectivity index (χ1) is 15.4. The van der Waals surface area contributed by atoms with E-state index in [9.17, 15) is 14.4 Å². The molecular formula is C23H25N3O5S. The van der Waals surface area contributed by atoms with Crippen LogP contribution in [0.3, 0.4) is 0 Å². The van der Waals surface area contributed by atoms with Crippen LogP contribution in [-0.4, -0.2) is 40.6 Å². The maximum atomic E-state index is 12.7. The first kappa shape index (κ1) is 23.3. The number of amides is 2. The molecule has 2 N–H and O–H groups in total. The van der Waals surface area contributed by atoms with Crippen LogP contribution in [0, 0.1) is 6.92 Å². The smallest absolute Gasteiger partial charge is 0.333 e. The van der Waals surface area contributed by atoms with Gasteiger partial charge in [-0.3, -0.25) is 9.59 Å². The van der Waals surface area contributed by atoms with Crippen LogP contribution >= 0.6 is 11.8 Å². The van der Waals surface area contributed by atoms with Gasteiger partial charge in [0.05, 0.1) is 17.6 Å². The highest BCUT2D eigenvalue weighted by Crippen LogP contribution is 2.26. The highest BCUT2D eigenvalue weighted by molar-refractivity contribution is 8.01. The Morgan fingerprint density at radius 3 is 2.62 bits per heavy atom.